The second-order valence-electron chi connectivity index (χ2n) is 5.03. The quantitative estimate of drug-likeness (QED) is 0.610. The van der Waals surface area contributed by atoms with E-state index >= 15 is 0 Å². The molecule has 0 unspecified atom stereocenters. The second kappa shape index (κ2) is 9.80. The Kier molecular flexibility index (Phi) is 7.94. The van der Waals surface area contributed by atoms with Crippen LogP contribution in [0.5, 0.6) is 0 Å². The molecule has 0 aliphatic heterocycles. The van der Waals surface area contributed by atoms with Gasteiger partial charge >= 0.3 is 12.0 Å². The molecule has 0 aliphatic rings. The van der Waals surface area contributed by atoms with Crippen LogP contribution < -0.4 is 10.6 Å². The minimum Gasteiger partial charge on any atom is -0.481 e. The molecule has 0 bridgehead atoms. The van der Waals surface area contributed by atoms with Gasteiger partial charge in [-0.05, 0) is 37.0 Å². The van der Waals surface area contributed by atoms with Crippen molar-refractivity contribution >= 4 is 17.7 Å². The maximum Gasteiger partial charge on any atom is 0.319 e. The SMILES string of the molecule is CCCc1ccc(NC(=O)NCCCCCC(=O)O)cc1. The third kappa shape index (κ3) is 7.97. The number of benzene rings is 1. The molecular weight excluding hydrogens is 268 g/mol. The summed E-state index contributed by atoms with van der Waals surface area (Å²) in [5.41, 5.74) is 2.04. The third-order valence-corrected chi connectivity index (χ3v) is 3.10. The highest BCUT2D eigenvalue weighted by atomic mass is 16.4. The molecule has 1 rings (SSSR count). The van der Waals surface area contributed by atoms with Gasteiger partial charge in [-0.15, -0.1) is 0 Å². The molecule has 0 aromatic heterocycles. The summed E-state index contributed by atoms with van der Waals surface area (Å²) in [6.45, 7) is 2.69. The first-order chi connectivity index (χ1) is 10.1. The van der Waals surface area contributed by atoms with Gasteiger partial charge in [-0.1, -0.05) is 31.9 Å². The van der Waals surface area contributed by atoms with E-state index in [2.05, 4.69) is 17.6 Å². The van der Waals surface area contributed by atoms with E-state index in [4.69, 9.17) is 5.11 Å². The normalized spacial score (nSPS) is 10.1. The standard InChI is InChI=1S/C16H24N2O3/c1-2-6-13-8-10-14(11-9-13)18-16(21)17-12-5-3-4-7-15(19)20/h8-11H,2-7,12H2,1H3,(H,19,20)(H2,17,18,21). The lowest BCUT2D eigenvalue weighted by molar-refractivity contribution is -0.137. The van der Waals surface area contributed by atoms with E-state index < -0.39 is 5.97 Å². The number of hydrogen-bond donors (Lipinski definition) is 3. The monoisotopic (exact) mass is 292 g/mol. The molecule has 1 aromatic carbocycles. The summed E-state index contributed by atoms with van der Waals surface area (Å²) in [6, 6.07) is 7.61. The number of amides is 2. The van der Waals surface area contributed by atoms with Gasteiger partial charge in [-0.2, -0.15) is 0 Å². The van der Waals surface area contributed by atoms with E-state index in [0.717, 1.165) is 31.4 Å². The number of anilines is 1. The summed E-state index contributed by atoms with van der Waals surface area (Å²) >= 11 is 0. The van der Waals surface area contributed by atoms with Crippen molar-refractivity contribution in [3.63, 3.8) is 0 Å². The third-order valence-electron chi connectivity index (χ3n) is 3.10. The van der Waals surface area contributed by atoms with Crippen LogP contribution in [-0.4, -0.2) is 23.7 Å². The minimum atomic E-state index is -0.771. The predicted octanol–water partition coefficient (Wildman–Crippen LogP) is 3.41. The van der Waals surface area contributed by atoms with Crippen molar-refractivity contribution in [3.05, 3.63) is 29.8 Å². The van der Waals surface area contributed by atoms with Gasteiger partial charge in [0.2, 0.25) is 0 Å². The smallest absolute Gasteiger partial charge is 0.319 e. The Balaban J connectivity index is 2.16. The van der Waals surface area contributed by atoms with E-state index in [-0.39, 0.29) is 12.5 Å². The van der Waals surface area contributed by atoms with Crippen molar-refractivity contribution in [2.75, 3.05) is 11.9 Å². The van der Waals surface area contributed by atoms with E-state index in [1.54, 1.807) is 0 Å². The van der Waals surface area contributed by atoms with Crippen molar-refractivity contribution in [1.29, 1.82) is 0 Å². The fourth-order valence-electron chi connectivity index (χ4n) is 2.00. The Hall–Kier alpha value is -2.04. The fraction of sp³-hybridized carbons (Fsp3) is 0.500. The summed E-state index contributed by atoms with van der Waals surface area (Å²) in [5.74, 6) is -0.771. The number of nitrogens with one attached hydrogen (secondary N) is 2. The number of carboxylic acid groups (broad SMARTS) is 1. The Morgan fingerprint density at radius 2 is 1.81 bits per heavy atom. The molecule has 0 atom stereocenters. The molecule has 0 aliphatic carbocycles. The summed E-state index contributed by atoms with van der Waals surface area (Å²) in [5, 5.41) is 14.0. The van der Waals surface area contributed by atoms with Crippen LogP contribution in [0.25, 0.3) is 0 Å². The summed E-state index contributed by atoms with van der Waals surface area (Å²) in [4.78, 5) is 22.0. The lowest BCUT2D eigenvalue weighted by atomic mass is 10.1. The second-order valence-corrected chi connectivity index (χ2v) is 5.03. The minimum absolute atomic E-state index is 0.191. The molecule has 0 heterocycles. The molecule has 1 aromatic rings. The zero-order chi connectivity index (χ0) is 15.5. The number of aliphatic carboxylic acids is 1. The lowest BCUT2D eigenvalue weighted by Gasteiger charge is -2.08. The highest BCUT2D eigenvalue weighted by molar-refractivity contribution is 5.89. The molecule has 0 fully saturated rings. The van der Waals surface area contributed by atoms with Crippen LogP contribution in [0, 0.1) is 0 Å². The molecule has 21 heavy (non-hydrogen) atoms. The molecule has 2 amide bonds. The highest BCUT2D eigenvalue weighted by Crippen LogP contribution is 2.10. The molecule has 0 radical (unpaired) electrons. The van der Waals surface area contributed by atoms with Gasteiger partial charge in [-0.3, -0.25) is 4.79 Å². The maximum atomic E-state index is 11.6. The van der Waals surface area contributed by atoms with Crippen LogP contribution in [-0.2, 0) is 11.2 Å². The first-order valence-electron chi connectivity index (χ1n) is 7.47. The van der Waals surface area contributed by atoms with Crippen LogP contribution in [0.3, 0.4) is 0 Å². The Morgan fingerprint density at radius 3 is 2.43 bits per heavy atom. The predicted molar refractivity (Wildman–Crippen MR) is 83.6 cm³/mol. The van der Waals surface area contributed by atoms with Crippen molar-refractivity contribution in [3.8, 4) is 0 Å². The van der Waals surface area contributed by atoms with E-state index in [1.165, 1.54) is 5.56 Å². The number of urea groups is 1. The van der Waals surface area contributed by atoms with Gasteiger partial charge in [0, 0.05) is 18.7 Å². The first-order valence-corrected chi connectivity index (χ1v) is 7.47. The average Bonchev–Trinajstić information content (AvgIpc) is 2.45. The van der Waals surface area contributed by atoms with Crippen LogP contribution in [0.15, 0.2) is 24.3 Å². The molecule has 3 N–H and O–H groups in total. The summed E-state index contributed by atoms with van der Waals surface area (Å²) in [7, 11) is 0. The Bertz CT molecular complexity index is 443. The molecule has 0 saturated carbocycles. The Labute approximate surface area is 125 Å². The van der Waals surface area contributed by atoms with Crippen molar-refractivity contribution in [1.82, 2.24) is 5.32 Å². The van der Waals surface area contributed by atoms with Crippen LogP contribution in [0.4, 0.5) is 10.5 Å². The number of aryl methyl sites for hydroxylation is 1. The topological polar surface area (TPSA) is 78.4 Å². The van der Waals surface area contributed by atoms with Crippen molar-refractivity contribution in [2.45, 2.75) is 45.4 Å². The van der Waals surface area contributed by atoms with E-state index in [1.807, 2.05) is 24.3 Å². The van der Waals surface area contributed by atoms with Gasteiger partial charge in [-0.25, -0.2) is 4.79 Å². The average molecular weight is 292 g/mol. The highest BCUT2D eigenvalue weighted by Gasteiger charge is 2.01. The van der Waals surface area contributed by atoms with Crippen LogP contribution in [0.1, 0.15) is 44.6 Å². The summed E-state index contributed by atoms with van der Waals surface area (Å²) < 4.78 is 0. The van der Waals surface area contributed by atoms with E-state index in [0.29, 0.717) is 13.0 Å². The van der Waals surface area contributed by atoms with Crippen LogP contribution in [0.2, 0.25) is 0 Å². The van der Waals surface area contributed by atoms with Gasteiger partial charge in [0.25, 0.3) is 0 Å². The molecule has 5 heteroatoms. The number of carboxylic acids is 1. The van der Waals surface area contributed by atoms with Gasteiger partial charge in [0.1, 0.15) is 0 Å². The van der Waals surface area contributed by atoms with Gasteiger partial charge in [0.15, 0.2) is 0 Å². The number of carbonyl (C=O) groups excluding carboxylic acids is 1. The Morgan fingerprint density at radius 1 is 1.10 bits per heavy atom. The van der Waals surface area contributed by atoms with Crippen molar-refractivity contribution in [2.24, 2.45) is 0 Å². The first kappa shape index (κ1) is 17.0. The molecule has 5 nitrogen and oxygen atoms in total. The van der Waals surface area contributed by atoms with Gasteiger partial charge < -0.3 is 15.7 Å². The molecule has 0 saturated heterocycles. The number of unbranched alkanes of at least 4 members (excludes halogenated alkanes) is 2. The molecule has 0 spiro atoms. The zero-order valence-electron chi connectivity index (χ0n) is 12.5. The van der Waals surface area contributed by atoms with Crippen molar-refractivity contribution < 1.29 is 14.7 Å². The number of carbonyl (C=O) groups is 2. The fourth-order valence-corrected chi connectivity index (χ4v) is 2.00. The van der Waals surface area contributed by atoms with Gasteiger partial charge in [0.05, 0.1) is 0 Å². The molecule has 116 valence electrons. The lowest BCUT2D eigenvalue weighted by Crippen LogP contribution is -2.29. The molecular formula is C16H24N2O3. The van der Waals surface area contributed by atoms with Crippen LogP contribution >= 0.6 is 0 Å². The summed E-state index contributed by atoms with van der Waals surface area (Å²) in [6.07, 6.45) is 4.58. The number of hydrogen-bond acceptors (Lipinski definition) is 2. The zero-order valence-corrected chi connectivity index (χ0v) is 12.5. The number of rotatable bonds is 9. The maximum absolute atomic E-state index is 11.6. The largest absolute Gasteiger partial charge is 0.481 e. The van der Waals surface area contributed by atoms with E-state index in [9.17, 15) is 9.59 Å².